The van der Waals surface area contributed by atoms with Gasteiger partial charge in [0.15, 0.2) is 14.9 Å². The monoisotopic (exact) mass is 536 g/mol. The second-order valence-electron chi connectivity index (χ2n) is 9.66. The van der Waals surface area contributed by atoms with Crippen molar-refractivity contribution in [1.29, 1.82) is 4.78 Å². The van der Waals surface area contributed by atoms with Crippen LogP contribution in [0.15, 0.2) is 64.6 Å². The van der Waals surface area contributed by atoms with Crippen LogP contribution in [0, 0.1) is 4.78 Å². The van der Waals surface area contributed by atoms with Crippen molar-refractivity contribution in [3.05, 3.63) is 76.3 Å². The van der Waals surface area contributed by atoms with Gasteiger partial charge in [-0.1, -0.05) is 24.2 Å². The first kappa shape index (κ1) is 26.0. The number of urea groups is 1. The van der Waals surface area contributed by atoms with Crippen LogP contribution in [0.4, 0.5) is 10.5 Å². The minimum absolute atomic E-state index is 0.0194. The van der Waals surface area contributed by atoms with Crippen LogP contribution in [0.2, 0.25) is 0 Å². The summed E-state index contributed by atoms with van der Waals surface area (Å²) in [7, 11) is -4.67. The number of nitrogens with one attached hydrogen (secondary N) is 3. The maximum absolute atomic E-state index is 13.0. The van der Waals surface area contributed by atoms with Crippen molar-refractivity contribution in [3.63, 3.8) is 0 Å². The van der Waals surface area contributed by atoms with Crippen molar-refractivity contribution in [3.8, 4) is 11.1 Å². The molecule has 4 N–H and O–H groups in total. The lowest BCUT2D eigenvalue weighted by Gasteiger charge is -2.22. The number of fused-ring (bicyclic) bond motifs is 1. The molecule has 0 spiro atoms. The van der Waals surface area contributed by atoms with Gasteiger partial charge < -0.3 is 19.6 Å². The molecule has 2 amide bonds. The number of carbonyl (C=O) groups is 1. The predicted molar refractivity (Wildman–Crippen MR) is 144 cm³/mol. The average molecular weight is 536 g/mol. The van der Waals surface area contributed by atoms with Crippen molar-refractivity contribution < 1.29 is 18.7 Å². The third-order valence-electron chi connectivity index (χ3n) is 6.72. The number of carbonyl (C=O) groups excluding carboxylic acids is 1. The molecule has 198 valence electrons. The van der Waals surface area contributed by atoms with Gasteiger partial charge in [0.25, 0.3) is 5.56 Å². The van der Waals surface area contributed by atoms with Crippen molar-refractivity contribution >= 4 is 28.8 Å². The standard InChI is InChI=1S/C25H29BN6O5S/c1-16(2)32-13-10-22(29-32)38(27,36)30-25(34)28-24-20-5-3-4-17(20)6-7-21(24)18-9-12-31(23(33)14-18)19-8-11-26(35)37-15-19/h6-14,16,19,35H,3-5,15H2,1-2H3,(H3,27,28,30,34,36). The number of pyridine rings is 1. The van der Waals surface area contributed by atoms with Gasteiger partial charge in [0, 0.05) is 30.1 Å². The van der Waals surface area contributed by atoms with Crippen LogP contribution in [-0.2, 0) is 27.4 Å². The van der Waals surface area contributed by atoms with Crippen molar-refractivity contribution in [2.24, 2.45) is 0 Å². The van der Waals surface area contributed by atoms with Gasteiger partial charge in [-0.25, -0.2) is 18.5 Å². The molecular formula is C25H29BN6O5S. The Morgan fingerprint density at radius 2 is 2.08 bits per heavy atom. The van der Waals surface area contributed by atoms with Crippen LogP contribution in [0.25, 0.3) is 11.1 Å². The average Bonchev–Trinajstić information content (AvgIpc) is 3.55. The third-order valence-corrected chi connectivity index (χ3v) is 8.00. The van der Waals surface area contributed by atoms with E-state index in [4.69, 9.17) is 9.43 Å². The highest BCUT2D eigenvalue weighted by Crippen LogP contribution is 2.37. The second-order valence-corrected chi connectivity index (χ2v) is 11.4. The molecule has 0 saturated carbocycles. The van der Waals surface area contributed by atoms with Crippen LogP contribution < -0.4 is 15.6 Å². The third kappa shape index (κ3) is 5.17. The number of anilines is 1. The summed E-state index contributed by atoms with van der Waals surface area (Å²) in [6.07, 6.45) is 7.55. The summed E-state index contributed by atoms with van der Waals surface area (Å²) in [5, 5.41) is 16.5. The Labute approximate surface area is 220 Å². The van der Waals surface area contributed by atoms with Gasteiger partial charge in [0.05, 0.1) is 18.3 Å². The molecule has 38 heavy (non-hydrogen) atoms. The van der Waals surface area contributed by atoms with Gasteiger partial charge in [0.2, 0.25) is 0 Å². The Hall–Kier alpha value is -3.68. The molecule has 2 aromatic heterocycles. The molecular weight excluding hydrogens is 507 g/mol. The number of aromatic nitrogens is 3. The normalized spacial score (nSPS) is 18.3. The van der Waals surface area contributed by atoms with Gasteiger partial charge in [-0.3, -0.25) is 9.48 Å². The molecule has 0 fully saturated rings. The maximum atomic E-state index is 13.0. The highest BCUT2D eigenvalue weighted by molar-refractivity contribution is 7.91. The zero-order chi connectivity index (χ0) is 27.0. The molecule has 2 aliphatic rings. The number of hydrogen-bond acceptors (Lipinski definition) is 7. The van der Waals surface area contributed by atoms with E-state index in [0.717, 1.165) is 30.4 Å². The largest absolute Gasteiger partial charge is 0.483 e. The minimum atomic E-state index is -3.70. The molecule has 3 heterocycles. The van der Waals surface area contributed by atoms with E-state index in [-0.39, 0.29) is 29.3 Å². The smallest absolute Gasteiger partial charge is 0.423 e. The summed E-state index contributed by atoms with van der Waals surface area (Å²) in [5.41, 5.74) is 3.59. The van der Waals surface area contributed by atoms with E-state index in [1.807, 2.05) is 26.0 Å². The summed E-state index contributed by atoms with van der Waals surface area (Å²) >= 11 is 0. The fourth-order valence-electron chi connectivity index (χ4n) is 4.77. The van der Waals surface area contributed by atoms with Crippen molar-refractivity contribution in [2.75, 3.05) is 11.9 Å². The van der Waals surface area contributed by atoms with Gasteiger partial charge in [-0.15, -0.1) is 0 Å². The Kier molecular flexibility index (Phi) is 6.99. The molecule has 1 aromatic carbocycles. The van der Waals surface area contributed by atoms with Gasteiger partial charge in [-0.2, -0.15) is 5.10 Å². The molecule has 1 aliphatic heterocycles. The fourth-order valence-corrected chi connectivity index (χ4v) is 5.65. The number of amides is 2. The molecule has 5 rings (SSSR count). The van der Waals surface area contributed by atoms with Crippen LogP contribution >= 0.6 is 0 Å². The number of hydrogen-bond donors (Lipinski definition) is 4. The number of aryl methyl sites for hydroxylation is 1. The molecule has 2 atom stereocenters. The number of benzene rings is 1. The quantitative estimate of drug-likeness (QED) is 0.356. The van der Waals surface area contributed by atoms with Crippen LogP contribution in [0.5, 0.6) is 0 Å². The van der Waals surface area contributed by atoms with Crippen molar-refractivity contribution in [2.45, 2.75) is 50.2 Å². The fraction of sp³-hybridized carbons (Fsp3) is 0.320. The highest BCUT2D eigenvalue weighted by Gasteiger charge is 2.24. The summed E-state index contributed by atoms with van der Waals surface area (Å²) in [6.45, 7) is 3.98. The molecule has 0 bridgehead atoms. The summed E-state index contributed by atoms with van der Waals surface area (Å²) in [6, 6.07) is 7.49. The van der Waals surface area contributed by atoms with E-state index in [2.05, 4.69) is 15.1 Å². The van der Waals surface area contributed by atoms with Gasteiger partial charge in [-0.05, 0) is 61.9 Å². The van der Waals surface area contributed by atoms with Crippen LogP contribution in [-0.4, -0.2) is 43.3 Å². The minimum Gasteiger partial charge on any atom is -0.423 e. The summed E-state index contributed by atoms with van der Waals surface area (Å²) < 4.78 is 31.9. The van der Waals surface area contributed by atoms with E-state index in [0.29, 0.717) is 16.8 Å². The second kappa shape index (κ2) is 10.2. The lowest BCUT2D eigenvalue weighted by Crippen LogP contribution is -2.34. The molecule has 0 radical (unpaired) electrons. The zero-order valence-corrected chi connectivity index (χ0v) is 21.9. The van der Waals surface area contributed by atoms with Gasteiger partial charge in [0.1, 0.15) is 0 Å². The Balaban J connectivity index is 1.44. The highest BCUT2D eigenvalue weighted by atomic mass is 32.2. The van der Waals surface area contributed by atoms with E-state index in [1.54, 1.807) is 29.2 Å². The van der Waals surface area contributed by atoms with E-state index in [1.165, 1.54) is 22.7 Å². The molecule has 1 aliphatic carbocycles. The Bertz CT molecular complexity index is 1580. The van der Waals surface area contributed by atoms with E-state index in [9.17, 15) is 18.8 Å². The molecule has 0 saturated heterocycles. The first-order valence-corrected chi connectivity index (χ1v) is 14.0. The van der Waals surface area contributed by atoms with E-state index >= 15 is 0 Å². The van der Waals surface area contributed by atoms with Crippen molar-refractivity contribution in [1.82, 2.24) is 19.1 Å². The molecule has 2 unspecified atom stereocenters. The summed E-state index contributed by atoms with van der Waals surface area (Å²) in [4.78, 5) is 26.0. The molecule has 11 nitrogen and oxygen atoms in total. The number of rotatable bonds is 6. The molecule has 3 aromatic rings. The zero-order valence-electron chi connectivity index (χ0n) is 21.1. The van der Waals surface area contributed by atoms with Gasteiger partial charge >= 0.3 is 13.1 Å². The lowest BCUT2D eigenvalue weighted by atomic mass is 9.87. The first-order chi connectivity index (χ1) is 18.1. The van der Waals surface area contributed by atoms with Crippen LogP contribution in [0.1, 0.15) is 43.5 Å². The SMILES string of the molecule is CC(C)n1ccc(S(=N)(=O)NC(=O)Nc2c(-c3ccn(C4C=CB(O)OC4)c(=O)c3)ccc3c2CCC3)n1. The number of nitrogens with zero attached hydrogens (tertiary/aromatic N) is 3. The molecule has 13 heteroatoms. The van der Waals surface area contributed by atoms with Crippen LogP contribution in [0.3, 0.4) is 0 Å². The topological polar surface area (TPSA) is 151 Å². The Morgan fingerprint density at radius 1 is 1.26 bits per heavy atom. The van der Waals surface area contributed by atoms with E-state index < -0.39 is 23.1 Å². The first-order valence-electron chi connectivity index (χ1n) is 12.4. The predicted octanol–water partition coefficient (Wildman–Crippen LogP) is 3.07. The summed E-state index contributed by atoms with van der Waals surface area (Å²) in [5.74, 6) is 1.49. The maximum Gasteiger partial charge on any atom is 0.483 e. The lowest BCUT2D eigenvalue weighted by molar-refractivity contribution is 0.228. The Morgan fingerprint density at radius 3 is 2.76 bits per heavy atom.